The van der Waals surface area contributed by atoms with E-state index in [2.05, 4.69) is 32.3 Å². The number of carbonyl (C=O) groups is 1. The van der Waals surface area contributed by atoms with Gasteiger partial charge in [0.15, 0.2) is 6.73 Å². The number of hydrogen-bond acceptors (Lipinski definition) is 7. The van der Waals surface area contributed by atoms with Gasteiger partial charge in [0.1, 0.15) is 5.56 Å². The van der Waals surface area contributed by atoms with Gasteiger partial charge >= 0.3 is 0 Å². The van der Waals surface area contributed by atoms with Crippen LogP contribution in [0.15, 0.2) is 48.7 Å². The van der Waals surface area contributed by atoms with Crippen molar-refractivity contribution in [3.05, 3.63) is 64.3 Å². The van der Waals surface area contributed by atoms with E-state index in [1.807, 2.05) is 24.1 Å². The van der Waals surface area contributed by atoms with Crippen LogP contribution in [0.1, 0.15) is 10.4 Å². The maximum absolute atomic E-state index is 13.1. The van der Waals surface area contributed by atoms with Gasteiger partial charge in [0, 0.05) is 50.8 Å². The van der Waals surface area contributed by atoms with E-state index in [9.17, 15) is 4.79 Å². The Morgan fingerprint density at radius 2 is 1.74 bits per heavy atom. The number of hydrogen-bond donors (Lipinski definition) is 1. The fourth-order valence-corrected chi connectivity index (χ4v) is 4.55. The van der Waals surface area contributed by atoms with Crippen molar-refractivity contribution in [2.45, 2.75) is 0 Å². The summed E-state index contributed by atoms with van der Waals surface area (Å²) in [5, 5.41) is 4.09. The summed E-state index contributed by atoms with van der Waals surface area (Å²) in [6, 6.07) is 13.3. The number of nitrogens with one attached hydrogen (secondary N) is 1. The highest BCUT2D eigenvalue weighted by Crippen LogP contribution is 2.37. The van der Waals surface area contributed by atoms with E-state index < -0.39 is 0 Å². The van der Waals surface area contributed by atoms with Crippen molar-refractivity contribution in [3.63, 3.8) is 0 Å². The summed E-state index contributed by atoms with van der Waals surface area (Å²) in [6.45, 7) is 3.91. The van der Waals surface area contributed by atoms with Gasteiger partial charge in [-0.05, 0) is 36.4 Å². The molecule has 3 heterocycles. The highest BCUT2D eigenvalue weighted by molar-refractivity contribution is 6.40. The van der Waals surface area contributed by atoms with E-state index in [-0.39, 0.29) is 36.5 Å². The first-order valence-corrected chi connectivity index (χ1v) is 11.3. The quantitative estimate of drug-likeness (QED) is 0.546. The number of aromatic nitrogens is 2. The summed E-state index contributed by atoms with van der Waals surface area (Å²) < 4.78 is 5.79. The Labute approximate surface area is 213 Å². The first-order valence-electron chi connectivity index (χ1n) is 10.6. The van der Waals surface area contributed by atoms with Crippen molar-refractivity contribution >= 4 is 64.5 Å². The fraction of sp³-hybridized carbons (Fsp3) is 0.261. The van der Waals surface area contributed by atoms with Gasteiger partial charge in [0.05, 0.1) is 15.7 Å². The normalized spacial score (nSPS) is 15.3. The minimum atomic E-state index is -0.319. The number of nitrogens with zero attached hydrogens (tertiary/aromatic N) is 5. The number of halogens is 3. The molecular formula is C23H23Cl3N6O2. The fourth-order valence-electron chi connectivity index (χ4n) is 3.94. The molecular weight excluding hydrogens is 499 g/mol. The Morgan fingerprint density at radius 1 is 1.06 bits per heavy atom. The molecule has 5 rings (SSSR count). The lowest BCUT2D eigenvalue weighted by Crippen LogP contribution is -2.43. The Hall–Kier alpha value is -2.78. The van der Waals surface area contributed by atoms with Gasteiger partial charge < -0.3 is 19.9 Å². The number of carbonyl (C=O) groups excluding carboxylic acids is 1. The third kappa shape index (κ3) is 4.59. The van der Waals surface area contributed by atoms with Gasteiger partial charge in [-0.3, -0.25) is 9.69 Å². The summed E-state index contributed by atoms with van der Waals surface area (Å²) >= 11 is 12.5. The number of rotatable bonds is 4. The molecule has 0 unspecified atom stereocenters. The lowest BCUT2D eigenvalue weighted by molar-refractivity contribution is 0.0932. The van der Waals surface area contributed by atoms with E-state index in [0.29, 0.717) is 21.7 Å². The van der Waals surface area contributed by atoms with E-state index >= 15 is 0 Å². The van der Waals surface area contributed by atoms with Crippen molar-refractivity contribution in [1.29, 1.82) is 0 Å². The van der Waals surface area contributed by atoms with Crippen LogP contribution in [0, 0.1) is 0 Å². The molecule has 1 fully saturated rings. The molecule has 0 saturated carbocycles. The molecule has 0 radical (unpaired) electrons. The Kier molecular flexibility index (Phi) is 7.33. The van der Waals surface area contributed by atoms with Crippen molar-refractivity contribution in [1.82, 2.24) is 15.3 Å². The van der Waals surface area contributed by atoms with Gasteiger partial charge in [0.25, 0.3) is 5.91 Å². The number of amides is 1. The minimum Gasteiger partial charge on any atom is -0.455 e. The zero-order valence-electron chi connectivity index (χ0n) is 18.4. The van der Waals surface area contributed by atoms with Crippen LogP contribution in [0.5, 0.6) is 5.88 Å². The molecule has 0 atom stereocenters. The number of fused-ring (bicyclic) bond motifs is 1. The minimum absolute atomic E-state index is 0. The molecule has 8 nitrogen and oxygen atoms in total. The molecule has 1 amide bonds. The number of benzene rings is 2. The summed E-state index contributed by atoms with van der Waals surface area (Å²) in [5.74, 6) is 0.343. The summed E-state index contributed by atoms with van der Waals surface area (Å²) in [5.41, 5.74) is 2.78. The predicted molar refractivity (Wildman–Crippen MR) is 138 cm³/mol. The first-order chi connectivity index (χ1) is 16.0. The third-order valence-electron chi connectivity index (χ3n) is 5.77. The molecule has 1 saturated heterocycles. The molecule has 1 N–H and O–H groups in total. The molecule has 2 aliphatic heterocycles. The zero-order chi connectivity index (χ0) is 22.9. The number of piperazine rings is 1. The van der Waals surface area contributed by atoms with Crippen LogP contribution in [-0.2, 0) is 0 Å². The van der Waals surface area contributed by atoms with Crippen LogP contribution in [0.25, 0.3) is 0 Å². The van der Waals surface area contributed by atoms with E-state index in [4.69, 9.17) is 27.9 Å². The van der Waals surface area contributed by atoms with Crippen LogP contribution < -0.4 is 24.8 Å². The van der Waals surface area contributed by atoms with E-state index in [0.717, 1.165) is 31.9 Å². The average molecular weight is 522 g/mol. The monoisotopic (exact) mass is 520 g/mol. The van der Waals surface area contributed by atoms with Crippen molar-refractivity contribution < 1.29 is 9.53 Å². The van der Waals surface area contributed by atoms with Gasteiger partial charge in [-0.15, -0.1) is 12.4 Å². The topological polar surface area (TPSA) is 73.8 Å². The van der Waals surface area contributed by atoms with Crippen LogP contribution in [-0.4, -0.2) is 55.8 Å². The average Bonchev–Trinajstić information content (AvgIpc) is 2.85. The van der Waals surface area contributed by atoms with Gasteiger partial charge in [-0.25, -0.2) is 4.98 Å². The van der Waals surface area contributed by atoms with Crippen molar-refractivity contribution in [2.24, 2.45) is 0 Å². The molecule has 2 aliphatic rings. The lowest BCUT2D eigenvalue weighted by atomic mass is 10.2. The maximum Gasteiger partial charge on any atom is 0.268 e. The molecule has 0 spiro atoms. The van der Waals surface area contributed by atoms with Crippen molar-refractivity contribution in [3.8, 4) is 5.88 Å². The maximum atomic E-state index is 13.1. The lowest BCUT2D eigenvalue weighted by Gasteiger charge is -2.30. The molecule has 2 aromatic carbocycles. The van der Waals surface area contributed by atoms with E-state index in [1.165, 1.54) is 16.8 Å². The molecule has 34 heavy (non-hydrogen) atoms. The third-order valence-corrected chi connectivity index (χ3v) is 6.38. The highest BCUT2D eigenvalue weighted by atomic mass is 35.5. The number of anilines is 4. The van der Waals surface area contributed by atoms with Gasteiger partial charge in [0.2, 0.25) is 11.8 Å². The van der Waals surface area contributed by atoms with Crippen molar-refractivity contribution in [2.75, 3.05) is 54.7 Å². The highest BCUT2D eigenvalue weighted by Gasteiger charge is 2.31. The summed E-state index contributed by atoms with van der Waals surface area (Å²) in [4.78, 5) is 27.6. The summed E-state index contributed by atoms with van der Waals surface area (Å²) in [6.07, 6.45) is 1.47. The molecule has 1 aromatic heterocycles. The molecule has 0 bridgehead atoms. The van der Waals surface area contributed by atoms with Gasteiger partial charge in [-0.1, -0.05) is 29.3 Å². The first kappa shape index (κ1) is 24.3. The second-order valence-electron chi connectivity index (χ2n) is 7.78. The van der Waals surface area contributed by atoms with Crippen LogP contribution >= 0.6 is 35.6 Å². The van der Waals surface area contributed by atoms with E-state index in [1.54, 1.807) is 18.2 Å². The molecule has 3 aromatic rings. The molecule has 178 valence electrons. The van der Waals surface area contributed by atoms with Crippen LogP contribution in [0.4, 0.5) is 23.0 Å². The smallest absolute Gasteiger partial charge is 0.268 e. The summed E-state index contributed by atoms with van der Waals surface area (Å²) in [7, 11) is 1.88. The SMILES string of the molecule is CN(c1ccc(N2CCNCC2)cc1)c1ncc2c(n1)OCN(c1c(Cl)cccc1Cl)C2=O.Cl. The van der Waals surface area contributed by atoms with Gasteiger partial charge in [-0.2, -0.15) is 4.98 Å². The zero-order valence-corrected chi connectivity index (χ0v) is 20.7. The Bertz CT molecular complexity index is 1170. The Balaban J connectivity index is 0.00000274. The number of para-hydroxylation sites is 1. The molecule has 11 heteroatoms. The molecule has 0 aliphatic carbocycles. The van der Waals surface area contributed by atoms with Crippen LogP contribution in [0.2, 0.25) is 10.0 Å². The standard InChI is InChI=1S/C23H22Cl2N6O2.ClH/c1-29(15-5-7-16(8-6-15)30-11-9-26-10-12-30)23-27-13-17-21(28-23)33-14-31(22(17)32)20-18(24)3-2-4-19(20)25;/h2-8,13,26H,9-12,14H2,1H3;1H. The second-order valence-corrected chi connectivity index (χ2v) is 8.59. The largest absolute Gasteiger partial charge is 0.455 e. The second kappa shape index (κ2) is 10.2. The van der Waals surface area contributed by atoms with Crippen LogP contribution in [0.3, 0.4) is 0 Å². The predicted octanol–water partition coefficient (Wildman–Crippen LogP) is 4.38. The number of ether oxygens (including phenoxy) is 1. The Morgan fingerprint density at radius 3 is 2.41 bits per heavy atom.